The van der Waals surface area contributed by atoms with Crippen LogP contribution in [-0.4, -0.2) is 42.0 Å². The maximum absolute atomic E-state index is 13.3. The fraction of sp³-hybridized carbons (Fsp3) is 0.292. The number of amides is 1. The second kappa shape index (κ2) is 8.85. The normalized spacial score (nSPS) is 14.1. The molecule has 4 heterocycles. The number of aryl methyl sites for hydroxylation is 1. The minimum atomic E-state index is -0.286. The van der Waals surface area contributed by atoms with Gasteiger partial charge in [-0.1, -0.05) is 12.1 Å². The molecule has 0 atom stereocenters. The predicted octanol–water partition coefficient (Wildman–Crippen LogP) is 4.21. The van der Waals surface area contributed by atoms with Crippen LogP contribution in [0, 0.1) is 0 Å². The monoisotopic (exact) mass is 443 g/mol. The summed E-state index contributed by atoms with van der Waals surface area (Å²) in [6.07, 6.45) is 7.21. The summed E-state index contributed by atoms with van der Waals surface area (Å²) < 4.78 is 9.88. The molecule has 1 N–H and O–H groups in total. The van der Waals surface area contributed by atoms with Gasteiger partial charge in [-0.2, -0.15) is 5.10 Å². The molecule has 2 bridgehead atoms. The van der Waals surface area contributed by atoms with Crippen molar-refractivity contribution in [2.75, 3.05) is 11.9 Å². The van der Waals surface area contributed by atoms with Gasteiger partial charge in [0.1, 0.15) is 23.6 Å². The molecule has 9 nitrogen and oxygen atoms in total. The van der Waals surface area contributed by atoms with Crippen molar-refractivity contribution in [2.45, 2.75) is 39.3 Å². The van der Waals surface area contributed by atoms with E-state index in [1.54, 1.807) is 12.4 Å². The number of nitrogens with zero attached hydrogens (tertiary/aromatic N) is 6. The number of ether oxygens (including phenoxy) is 1. The molecule has 0 radical (unpaired) electrons. The molecule has 1 aliphatic rings. The second-order valence-corrected chi connectivity index (χ2v) is 8.28. The molecule has 0 unspecified atom stereocenters. The zero-order valence-corrected chi connectivity index (χ0v) is 18.6. The Morgan fingerprint density at radius 1 is 1.12 bits per heavy atom. The Labute approximate surface area is 191 Å². The van der Waals surface area contributed by atoms with Gasteiger partial charge in [-0.15, -0.1) is 10.2 Å². The van der Waals surface area contributed by atoms with Gasteiger partial charge in [-0.3, -0.25) is 9.48 Å². The Morgan fingerprint density at radius 3 is 2.88 bits per heavy atom. The first kappa shape index (κ1) is 20.9. The SMILES string of the molecule is CC(C)n1cc(-c2ccc3c(c2)C(=O)Nc2cccc(n2)-c2nncn2CCCCO3)cn1. The highest BCUT2D eigenvalue weighted by Crippen LogP contribution is 2.29. The highest BCUT2D eigenvalue weighted by atomic mass is 16.5. The fourth-order valence-electron chi connectivity index (χ4n) is 3.78. The maximum Gasteiger partial charge on any atom is 0.260 e. The molecule has 33 heavy (non-hydrogen) atoms. The summed E-state index contributed by atoms with van der Waals surface area (Å²) in [6, 6.07) is 11.4. The van der Waals surface area contributed by atoms with E-state index in [0.29, 0.717) is 35.3 Å². The molecule has 0 fully saturated rings. The number of carbonyl (C=O) groups is 1. The van der Waals surface area contributed by atoms with E-state index in [0.717, 1.165) is 30.5 Å². The van der Waals surface area contributed by atoms with Crippen molar-refractivity contribution in [2.24, 2.45) is 0 Å². The Hall–Kier alpha value is -4.01. The lowest BCUT2D eigenvalue weighted by Crippen LogP contribution is -2.16. The van der Waals surface area contributed by atoms with Crippen LogP contribution in [0.2, 0.25) is 0 Å². The third kappa shape index (κ3) is 4.34. The van der Waals surface area contributed by atoms with Crippen LogP contribution in [0.1, 0.15) is 43.1 Å². The first-order chi connectivity index (χ1) is 16.1. The van der Waals surface area contributed by atoms with Crippen LogP contribution in [0.3, 0.4) is 0 Å². The van der Waals surface area contributed by atoms with Crippen molar-refractivity contribution in [1.29, 1.82) is 0 Å². The van der Waals surface area contributed by atoms with Crippen molar-refractivity contribution in [1.82, 2.24) is 29.5 Å². The van der Waals surface area contributed by atoms with Crippen LogP contribution < -0.4 is 10.1 Å². The summed E-state index contributed by atoms with van der Waals surface area (Å²) >= 11 is 0. The number of nitrogens with one attached hydrogen (secondary N) is 1. The molecule has 0 aliphatic carbocycles. The molecule has 1 amide bonds. The molecule has 9 heteroatoms. The van der Waals surface area contributed by atoms with E-state index >= 15 is 0 Å². The smallest absolute Gasteiger partial charge is 0.260 e. The molecule has 1 aromatic carbocycles. The van der Waals surface area contributed by atoms with E-state index in [9.17, 15) is 4.79 Å². The summed E-state index contributed by atoms with van der Waals surface area (Å²) in [5, 5.41) is 15.6. The highest BCUT2D eigenvalue weighted by Gasteiger charge is 2.18. The van der Waals surface area contributed by atoms with E-state index in [1.807, 2.05) is 52.0 Å². The molecule has 3 aromatic heterocycles. The number of aromatic nitrogens is 6. The molecule has 0 saturated carbocycles. The minimum Gasteiger partial charge on any atom is -0.493 e. The number of carbonyl (C=O) groups excluding carboxylic acids is 1. The third-order valence-corrected chi connectivity index (χ3v) is 5.57. The third-order valence-electron chi connectivity index (χ3n) is 5.57. The van der Waals surface area contributed by atoms with Crippen LogP contribution in [0.15, 0.2) is 55.1 Å². The van der Waals surface area contributed by atoms with Crippen molar-refractivity contribution < 1.29 is 9.53 Å². The Kier molecular flexibility index (Phi) is 5.60. The molecule has 0 spiro atoms. The zero-order chi connectivity index (χ0) is 22.8. The van der Waals surface area contributed by atoms with Crippen LogP contribution in [-0.2, 0) is 6.54 Å². The summed E-state index contributed by atoms with van der Waals surface area (Å²) in [6.45, 7) is 5.41. The highest BCUT2D eigenvalue weighted by molar-refractivity contribution is 6.06. The number of hydrogen-bond donors (Lipinski definition) is 1. The van der Waals surface area contributed by atoms with E-state index in [4.69, 9.17) is 4.74 Å². The number of pyridine rings is 1. The summed E-state index contributed by atoms with van der Waals surface area (Å²) in [5.41, 5.74) is 2.96. The number of benzene rings is 1. The van der Waals surface area contributed by atoms with Gasteiger partial charge < -0.3 is 14.6 Å². The van der Waals surface area contributed by atoms with Crippen molar-refractivity contribution >= 4 is 11.7 Å². The average Bonchev–Trinajstić information content (AvgIpc) is 3.49. The van der Waals surface area contributed by atoms with Crippen LogP contribution in [0.4, 0.5) is 5.82 Å². The standard InChI is InChI=1S/C24H25N7O2/c1-16(2)31-14-18(13-26-31)17-8-9-21-19(12-17)24(32)28-22-7-5-6-20(27-22)23-29-25-15-30(23)10-3-4-11-33-21/h5-9,12-16H,3-4,10-11H2,1-2H3,(H,27,28,32). The Bertz CT molecular complexity index is 1290. The second-order valence-electron chi connectivity index (χ2n) is 8.28. The molecule has 0 saturated heterocycles. The quantitative estimate of drug-likeness (QED) is 0.498. The first-order valence-corrected chi connectivity index (χ1v) is 11.1. The van der Waals surface area contributed by atoms with Gasteiger partial charge in [0.2, 0.25) is 0 Å². The first-order valence-electron chi connectivity index (χ1n) is 11.1. The fourth-order valence-corrected chi connectivity index (χ4v) is 3.78. The van der Waals surface area contributed by atoms with Crippen molar-refractivity contribution in [3.63, 3.8) is 0 Å². The Morgan fingerprint density at radius 2 is 2.03 bits per heavy atom. The predicted molar refractivity (Wildman–Crippen MR) is 124 cm³/mol. The Balaban J connectivity index is 1.52. The average molecular weight is 444 g/mol. The topological polar surface area (TPSA) is 99.8 Å². The van der Waals surface area contributed by atoms with Gasteiger partial charge in [0, 0.05) is 24.3 Å². The summed E-state index contributed by atoms with van der Waals surface area (Å²) in [4.78, 5) is 17.9. The van der Waals surface area contributed by atoms with Gasteiger partial charge in [0.15, 0.2) is 5.82 Å². The van der Waals surface area contributed by atoms with Gasteiger partial charge in [0.05, 0.1) is 18.4 Å². The van der Waals surface area contributed by atoms with E-state index < -0.39 is 0 Å². The number of fused-ring (bicyclic) bond motifs is 5. The number of anilines is 1. The molecular formula is C24H25N7O2. The summed E-state index contributed by atoms with van der Waals surface area (Å²) in [5.74, 6) is 1.37. The maximum atomic E-state index is 13.3. The lowest BCUT2D eigenvalue weighted by atomic mass is 10.0. The number of hydrogen-bond acceptors (Lipinski definition) is 6. The van der Waals surface area contributed by atoms with Crippen LogP contribution >= 0.6 is 0 Å². The van der Waals surface area contributed by atoms with Crippen LogP contribution in [0.5, 0.6) is 5.75 Å². The molecule has 5 rings (SSSR count). The van der Waals surface area contributed by atoms with E-state index in [2.05, 4.69) is 39.4 Å². The van der Waals surface area contributed by atoms with Gasteiger partial charge >= 0.3 is 0 Å². The lowest BCUT2D eigenvalue weighted by molar-refractivity contribution is 0.102. The molecular weight excluding hydrogens is 418 g/mol. The largest absolute Gasteiger partial charge is 0.493 e. The van der Waals surface area contributed by atoms with Crippen molar-refractivity contribution in [3.8, 4) is 28.4 Å². The van der Waals surface area contributed by atoms with Crippen LogP contribution in [0.25, 0.3) is 22.6 Å². The van der Waals surface area contributed by atoms with Gasteiger partial charge in [0.25, 0.3) is 5.91 Å². The lowest BCUT2D eigenvalue weighted by Gasteiger charge is -2.15. The zero-order valence-electron chi connectivity index (χ0n) is 18.6. The molecule has 4 aromatic rings. The van der Waals surface area contributed by atoms with Gasteiger partial charge in [-0.05, 0) is 56.5 Å². The molecule has 1 aliphatic heterocycles. The van der Waals surface area contributed by atoms with E-state index in [1.165, 1.54) is 0 Å². The van der Waals surface area contributed by atoms with E-state index in [-0.39, 0.29) is 11.9 Å². The number of rotatable bonds is 2. The van der Waals surface area contributed by atoms with Gasteiger partial charge in [-0.25, -0.2) is 4.98 Å². The summed E-state index contributed by atoms with van der Waals surface area (Å²) in [7, 11) is 0. The minimum absolute atomic E-state index is 0.256. The van der Waals surface area contributed by atoms with Crippen molar-refractivity contribution in [3.05, 3.63) is 60.7 Å². The molecule has 168 valence electrons.